The monoisotopic (exact) mass is 256 g/mol. The summed E-state index contributed by atoms with van der Waals surface area (Å²) in [5.74, 6) is 0.252. The van der Waals surface area contributed by atoms with Gasteiger partial charge in [-0.25, -0.2) is 0 Å². The molecule has 0 radical (unpaired) electrons. The molecule has 0 N–H and O–H groups in total. The minimum atomic E-state index is -0.439. The summed E-state index contributed by atoms with van der Waals surface area (Å²) in [5, 5.41) is 11.1. The molecular formula is C14H12N2O3. The SMILES string of the molecule is COc1cccc(/C=C/c2ccncc2)c1[N+](=O)[O-]. The van der Waals surface area contributed by atoms with Gasteiger partial charge in [0.2, 0.25) is 0 Å². The first-order valence-corrected chi connectivity index (χ1v) is 5.62. The number of nitro benzene ring substituents is 1. The van der Waals surface area contributed by atoms with Crippen molar-refractivity contribution in [2.45, 2.75) is 0 Å². The van der Waals surface area contributed by atoms with E-state index in [2.05, 4.69) is 4.98 Å². The number of nitrogens with zero attached hydrogens (tertiary/aromatic N) is 2. The molecule has 0 spiro atoms. The molecule has 96 valence electrons. The van der Waals surface area contributed by atoms with Gasteiger partial charge in [-0.1, -0.05) is 12.1 Å². The lowest BCUT2D eigenvalue weighted by atomic mass is 10.1. The van der Waals surface area contributed by atoms with Gasteiger partial charge in [0.25, 0.3) is 0 Å². The standard InChI is InChI=1S/C14H12N2O3/c1-19-13-4-2-3-12(14(13)16(17)18)6-5-11-7-9-15-10-8-11/h2-10H,1H3/b6-5+. The Labute approximate surface area is 110 Å². The first-order valence-electron chi connectivity index (χ1n) is 5.62. The van der Waals surface area contributed by atoms with Crippen molar-refractivity contribution in [2.24, 2.45) is 0 Å². The number of nitro groups is 1. The molecule has 19 heavy (non-hydrogen) atoms. The molecule has 5 heteroatoms. The van der Waals surface area contributed by atoms with E-state index in [1.54, 1.807) is 42.7 Å². The van der Waals surface area contributed by atoms with Crippen LogP contribution >= 0.6 is 0 Å². The van der Waals surface area contributed by atoms with Gasteiger partial charge in [-0.2, -0.15) is 0 Å². The summed E-state index contributed by atoms with van der Waals surface area (Å²) in [7, 11) is 1.42. The van der Waals surface area contributed by atoms with Crippen LogP contribution in [0.25, 0.3) is 12.2 Å². The fourth-order valence-electron chi connectivity index (χ4n) is 1.69. The first-order chi connectivity index (χ1) is 9.22. The van der Waals surface area contributed by atoms with E-state index in [9.17, 15) is 10.1 Å². The maximum atomic E-state index is 11.1. The average Bonchev–Trinajstić information content (AvgIpc) is 2.45. The summed E-state index contributed by atoms with van der Waals surface area (Å²) in [4.78, 5) is 14.6. The minimum absolute atomic E-state index is 0.0321. The lowest BCUT2D eigenvalue weighted by Crippen LogP contribution is -1.95. The Kier molecular flexibility index (Phi) is 3.87. The van der Waals surface area contributed by atoms with Crippen LogP contribution in [0.5, 0.6) is 5.75 Å². The number of pyridine rings is 1. The number of rotatable bonds is 4. The van der Waals surface area contributed by atoms with Gasteiger partial charge in [-0.15, -0.1) is 0 Å². The average molecular weight is 256 g/mol. The Hall–Kier alpha value is -2.69. The molecule has 0 unspecified atom stereocenters. The number of ether oxygens (including phenoxy) is 1. The number of hydrogen-bond donors (Lipinski definition) is 0. The molecule has 0 bridgehead atoms. The maximum Gasteiger partial charge on any atom is 0.318 e. The largest absolute Gasteiger partial charge is 0.490 e. The number of benzene rings is 1. The van der Waals surface area contributed by atoms with Crippen LogP contribution in [0.4, 0.5) is 5.69 Å². The highest BCUT2D eigenvalue weighted by Gasteiger charge is 2.18. The van der Waals surface area contributed by atoms with Crippen LogP contribution in [0.3, 0.4) is 0 Å². The lowest BCUT2D eigenvalue weighted by Gasteiger charge is -2.03. The van der Waals surface area contributed by atoms with Crippen molar-refractivity contribution in [1.82, 2.24) is 4.98 Å². The van der Waals surface area contributed by atoms with Crippen LogP contribution in [0, 0.1) is 10.1 Å². The van der Waals surface area contributed by atoms with Gasteiger partial charge in [0.15, 0.2) is 5.75 Å². The molecule has 0 amide bonds. The Morgan fingerprint density at radius 3 is 2.58 bits per heavy atom. The Morgan fingerprint density at radius 2 is 1.95 bits per heavy atom. The summed E-state index contributed by atoms with van der Waals surface area (Å²) in [5.41, 5.74) is 1.39. The van der Waals surface area contributed by atoms with E-state index in [-0.39, 0.29) is 11.4 Å². The second-order valence-electron chi connectivity index (χ2n) is 3.77. The third-order valence-corrected chi connectivity index (χ3v) is 2.59. The molecule has 2 aromatic rings. The highest BCUT2D eigenvalue weighted by molar-refractivity contribution is 5.76. The van der Waals surface area contributed by atoms with Crippen LogP contribution in [-0.4, -0.2) is 17.0 Å². The quantitative estimate of drug-likeness (QED) is 0.622. The fourth-order valence-corrected chi connectivity index (χ4v) is 1.69. The van der Waals surface area contributed by atoms with Crippen molar-refractivity contribution in [3.8, 4) is 5.75 Å². The van der Waals surface area contributed by atoms with Crippen molar-refractivity contribution < 1.29 is 9.66 Å². The molecule has 0 aliphatic carbocycles. The lowest BCUT2D eigenvalue weighted by molar-refractivity contribution is -0.386. The van der Waals surface area contributed by atoms with Gasteiger partial charge >= 0.3 is 5.69 Å². The third-order valence-electron chi connectivity index (χ3n) is 2.59. The summed E-state index contributed by atoms with van der Waals surface area (Å²) in [6, 6.07) is 8.61. The molecule has 2 rings (SSSR count). The Bertz CT molecular complexity index is 609. The smallest absolute Gasteiger partial charge is 0.318 e. The molecule has 0 aliphatic rings. The van der Waals surface area contributed by atoms with Crippen LogP contribution in [0.2, 0.25) is 0 Å². The molecule has 0 saturated heterocycles. The Balaban J connectivity index is 2.40. The highest BCUT2D eigenvalue weighted by Crippen LogP contribution is 2.31. The predicted octanol–water partition coefficient (Wildman–Crippen LogP) is 3.17. The van der Waals surface area contributed by atoms with Gasteiger partial charge in [-0.3, -0.25) is 15.1 Å². The van der Waals surface area contributed by atoms with E-state index in [1.807, 2.05) is 12.1 Å². The minimum Gasteiger partial charge on any atom is -0.490 e. The zero-order valence-corrected chi connectivity index (χ0v) is 10.3. The molecule has 0 fully saturated rings. The van der Waals surface area contributed by atoms with Crippen molar-refractivity contribution in [3.05, 3.63) is 64.0 Å². The van der Waals surface area contributed by atoms with Gasteiger partial charge in [0, 0.05) is 12.4 Å². The highest BCUT2D eigenvalue weighted by atomic mass is 16.6. The summed E-state index contributed by atoms with van der Waals surface area (Å²) >= 11 is 0. The van der Waals surface area contributed by atoms with Crippen molar-refractivity contribution in [1.29, 1.82) is 0 Å². The summed E-state index contributed by atoms with van der Waals surface area (Å²) < 4.78 is 5.01. The van der Waals surface area contributed by atoms with Crippen molar-refractivity contribution in [2.75, 3.05) is 7.11 Å². The van der Waals surface area contributed by atoms with E-state index in [4.69, 9.17) is 4.74 Å². The molecule has 5 nitrogen and oxygen atoms in total. The zero-order valence-electron chi connectivity index (χ0n) is 10.3. The van der Waals surface area contributed by atoms with Gasteiger partial charge in [0.05, 0.1) is 17.6 Å². The molecule has 0 atom stereocenters. The van der Waals surface area contributed by atoms with E-state index in [0.717, 1.165) is 5.56 Å². The third kappa shape index (κ3) is 2.95. The Morgan fingerprint density at radius 1 is 1.21 bits per heavy atom. The van der Waals surface area contributed by atoms with Crippen LogP contribution in [0.1, 0.15) is 11.1 Å². The zero-order chi connectivity index (χ0) is 13.7. The van der Waals surface area contributed by atoms with Gasteiger partial charge < -0.3 is 4.74 Å². The molecule has 1 heterocycles. The van der Waals surface area contributed by atoms with Crippen LogP contribution in [0.15, 0.2) is 42.7 Å². The van der Waals surface area contributed by atoms with E-state index < -0.39 is 4.92 Å². The summed E-state index contributed by atoms with van der Waals surface area (Å²) in [6.45, 7) is 0. The van der Waals surface area contributed by atoms with E-state index in [1.165, 1.54) is 7.11 Å². The van der Waals surface area contributed by atoms with Crippen molar-refractivity contribution >= 4 is 17.8 Å². The second-order valence-corrected chi connectivity index (χ2v) is 3.77. The van der Waals surface area contributed by atoms with Crippen LogP contribution < -0.4 is 4.74 Å². The number of para-hydroxylation sites is 1. The molecular weight excluding hydrogens is 244 g/mol. The molecule has 0 aliphatic heterocycles. The summed E-state index contributed by atoms with van der Waals surface area (Å²) in [6.07, 6.45) is 6.82. The molecule has 1 aromatic heterocycles. The first kappa shape index (κ1) is 12.8. The van der Waals surface area contributed by atoms with E-state index >= 15 is 0 Å². The van der Waals surface area contributed by atoms with Crippen molar-refractivity contribution in [3.63, 3.8) is 0 Å². The molecule has 0 saturated carbocycles. The topological polar surface area (TPSA) is 65.3 Å². The van der Waals surface area contributed by atoms with Gasteiger partial charge in [-0.05, 0) is 35.9 Å². The van der Waals surface area contributed by atoms with Crippen LogP contribution in [-0.2, 0) is 0 Å². The van der Waals surface area contributed by atoms with Gasteiger partial charge in [0.1, 0.15) is 0 Å². The number of methoxy groups -OCH3 is 1. The molecule has 1 aromatic carbocycles. The fraction of sp³-hybridized carbons (Fsp3) is 0.0714. The number of aromatic nitrogens is 1. The predicted molar refractivity (Wildman–Crippen MR) is 72.8 cm³/mol. The normalized spacial score (nSPS) is 10.6. The number of hydrogen-bond acceptors (Lipinski definition) is 4. The second kappa shape index (κ2) is 5.77. The maximum absolute atomic E-state index is 11.1. The van der Waals surface area contributed by atoms with E-state index in [0.29, 0.717) is 5.56 Å².